The number of rotatable bonds is 4. The minimum Gasteiger partial charge on any atom is -0.454 e. The highest BCUT2D eigenvalue weighted by Crippen LogP contribution is 2.45. The second kappa shape index (κ2) is 11.3. The fraction of sp³-hybridized carbons (Fsp3) is 0. The van der Waals surface area contributed by atoms with Crippen LogP contribution in [0.3, 0.4) is 0 Å². The molecular weight excluding hydrogens is 679 g/mol. The molecule has 0 saturated heterocycles. The molecule has 0 bridgehead atoms. The van der Waals surface area contributed by atoms with Crippen LogP contribution in [0.15, 0.2) is 180 Å². The quantitative estimate of drug-likeness (QED) is 0.183. The minimum absolute atomic E-state index is 0.827. The molecule has 12 rings (SSSR count). The van der Waals surface area contributed by atoms with Gasteiger partial charge in [-0.05, 0) is 83.9 Å². The van der Waals surface area contributed by atoms with E-state index >= 15 is 0 Å². The number of benzene rings is 8. The SMILES string of the molecule is c1ccc(-n2c(-c3cc(-c4ccc5sc6ccccc6c5c4)cc4oc5c(-n6c7ccccc7c7ccccc76)cccc5c34)nc3ccccc32)cc1. The van der Waals surface area contributed by atoms with Crippen molar-refractivity contribution < 1.29 is 4.42 Å². The van der Waals surface area contributed by atoms with Crippen LogP contribution in [0.1, 0.15) is 0 Å². The van der Waals surface area contributed by atoms with Gasteiger partial charge in [0.05, 0.1) is 27.8 Å². The van der Waals surface area contributed by atoms with E-state index in [0.717, 1.165) is 77.9 Å². The summed E-state index contributed by atoms with van der Waals surface area (Å²) in [4.78, 5) is 5.39. The number of fused-ring (bicyclic) bond motifs is 10. The lowest BCUT2D eigenvalue weighted by Gasteiger charge is -2.12. The number of imidazole rings is 1. The lowest BCUT2D eigenvalue weighted by atomic mass is 9.97. The molecule has 0 aliphatic carbocycles. The molecule has 4 heterocycles. The average molecular weight is 708 g/mol. The third kappa shape index (κ3) is 4.21. The molecule has 0 saturated carbocycles. The van der Waals surface area contributed by atoms with Gasteiger partial charge in [-0.3, -0.25) is 4.57 Å². The van der Waals surface area contributed by atoms with Gasteiger partial charge in [0.2, 0.25) is 0 Å². The van der Waals surface area contributed by atoms with Gasteiger partial charge in [0.25, 0.3) is 0 Å². The summed E-state index contributed by atoms with van der Waals surface area (Å²) in [5, 5.41) is 7.09. The Labute approximate surface area is 313 Å². The number of hydrogen-bond donors (Lipinski definition) is 0. The molecule has 8 aromatic carbocycles. The smallest absolute Gasteiger partial charge is 0.159 e. The molecule has 0 radical (unpaired) electrons. The summed E-state index contributed by atoms with van der Waals surface area (Å²) in [6.45, 7) is 0. The molecule has 12 aromatic rings. The van der Waals surface area contributed by atoms with Crippen molar-refractivity contribution in [3.05, 3.63) is 176 Å². The van der Waals surface area contributed by atoms with Gasteiger partial charge in [0, 0.05) is 53.0 Å². The Hall–Kier alpha value is -6.95. The Kier molecular flexibility index (Phi) is 6.18. The topological polar surface area (TPSA) is 35.9 Å². The Morgan fingerprint density at radius 2 is 1.13 bits per heavy atom. The van der Waals surface area contributed by atoms with Gasteiger partial charge in [-0.1, -0.05) is 103 Å². The van der Waals surface area contributed by atoms with E-state index in [0.29, 0.717) is 0 Å². The van der Waals surface area contributed by atoms with E-state index in [1.54, 1.807) is 0 Å². The van der Waals surface area contributed by atoms with Gasteiger partial charge < -0.3 is 8.98 Å². The first kappa shape index (κ1) is 29.6. The van der Waals surface area contributed by atoms with Crippen LogP contribution in [0.4, 0.5) is 0 Å². The molecule has 0 unspecified atom stereocenters. The molecule has 0 atom stereocenters. The Morgan fingerprint density at radius 3 is 1.94 bits per heavy atom. The zero-order chi connectivity index (χ0) is 35.3. The fourth-order valence-electron chi connectivity index (χ4n) is 8.56. The lowest BCUT2D eigenvalue weighted by molar-refractivity contribution is 0.666. The highest BCUT2D eigenvalue weighted by molar-refractivity contribution is 7.25. The molecule has 4 aromatic heterocycles. The summed E-state index contributed by atoms with van der Waals surface area (Å²) in [6, 6.07) is 62.8. The molecule has 252 valence electrons. The zero-order valence-electron chi connectivity index (χ0n) is 28.9. The summed E-state index contributed by atoms with van der Waals surface area (Å²) in [5.74, 6) is 0.876. The predicted molar refractivity (Wildman–Crippen MR) is 226 cm³/mol. The van der Waals surface area contributed by atoms with E-state index in [1.165, 1.54) is 30.9 Å². The van der Waals surface area contributed by atoms with Crippen molar-refractivity contribution in [1.82, 2.24) is 14.1 Å². The highest BCUT2D eigenvalue weighted by atomic mass is 32.1. The fourth-order valence-corrected chi connectivity index (χ4v) is 9.65. The number of para-hydroxylation sites is 6. The standard InChI is InChI=1S/C49H29N3OS/c1-2-13-32(14-3-1)51-42-22-10-7-19-39(42)50-49(51)38-28-31(30-25-26-46-37(27-30)35-17-6-11-24-45(35)54-46)29-44-47(38)36-18-12-23-43(48(36)53-44)52-40-20-8-4-15-33(40)34-16-5-9-21-41(34)52/h1-29H. The van der Waals surface area contributed by atoms with Gasteiger partial charge in [0.1, 0.15) is 11.4 Å². The van der Waals surface area contributed by atoms with E-state index in [1.807, 2.05) is 11.3 Å². The van der Waals surface area contributed by atoms with Crippen molar-refractivity contribution in [1.29, 1.82) is 0 Å². The summed E-state index contributed by atoms with van der Waals surface area (Å²) in [6.07, 6.45) is 0. The number of thiophene rings is 1. The van der Waals surface area contributed by atoms with Crippen molar-refractivity contribution in [3.8, 4) is 33.9 Å². The monoisotopic (exact) mass is 707 g/mol. The molecule has 0 fully saturated rings. The molecule has 4 nitrogen and oxygen atoms in total. The van der Waals surface area contributed by atoms with Crippen LogP contribution in [0, 0.1) is 0 Å². The molecular formula is C49H29N3OS. The second-order valence-electron chi connectivity index (χ2n) is 13.9. The largest absolute Gasteiger partial charge is 0.454 e. The summed E-state index contributed by atoms with van der Waals surface area (Å²) < 4.78 is 14.4. The maximum atomic E-state index is 7.14. The molecule has 0 aliphatic rings. The maximum absolute atomic E-state index is 7.14. The van der Waals surface area contributed by atoms with Gasteiger partial charge in [-0.2, -0.15) is 0 Å². The highest BCUT2D eigenvalue weighted by Gasteiger charge is 2.24. The normalized spacial score (nSPS) is 12.1. The molecule has 0 amide bonds. The summed E-state index contributed by atoms with van der Waals surface area (Å²) in [7, 11) is 0. The maximum Gasteiger partial charge on any atom is 0.159 e. The van der Waals surface area contributed by atoms with Crippen LogP contribution in [-0.2, 0) is 0 Å². The number of nitrogens with zero attached hydrogens (tertiary/aromatic N) is 3. The van der Waals surface area contributed by atoms with Gasteiger partial charge in [0.15, 0.2) is 5.58 Å². The predicted octanol–water partition coefficient (Wildman–Crippen LogP) is 13.7. The first-order valence-electron chi connectivity index (χ1n) is 18.2. The molecule has 54 heavy (non-hydrogen) atoms. The minimum atomic E-state index is 0.827. The van der Waals surface area contributed by atoms with Crippen LogP contribution in [0.25, 0.3) is 109 Å². The van der Waals surface area contributed by atoms with Crippen molar-refractivity contribution in [2.45, 2.75) is 0 Å². The van der Waals surface area contributed by atoms with E-state index < -0.39 is 0 Å². The Bertz CT molecular complexity index is 3400. The van der Waals surface area contributed by atoms with E-state index in [-0.39, 0.29) is 0 Å². The molecule has 0 N–H and O–H groups in total. The lowest BCUT2D eigenvalue weighted by Crippen LogP contribution is -1.98. The molecule has 5 heteroatoms. The van der Waals surface area contributed by atoms with Crippen LogP contribution in [0.2, 0.25) is 0 Å². The van der Waals surface area contributed by atoms with E-state index in [9.17, 15) is 0 Å². The third-order valence-electron chi connectivity index (χ3n) is 10.9. The molecule has 0 spiro atoms. The van der Waals surface area contributed by atoms with Crippen molar-refractivity contribution in [2.24, 2.45) is 0 Å². The number of furan rings is 1. The summed E-state index contributed by atoms with van der Waals surface area (Å²) >= 11 is 1.84. The van der Waals surface area contributed by atoms with Gasteiger partial charge in [-0.15, -0.1) is 11.3 Å². The third-order valence-corrected chi connectivity index (χ3v) is 12.1. The van der Waals surface area contributed by atoms with E-state index in [2.05, 4.69) is 185 Å². The van der Waals surface area contributed by atoms with Crippen LogP contribution in [-0.4, -0.2) is 14.1 Å². The number of hydrogen-bond acceptors (Lipinski definition) is 3. The second-order valence-corrected chi connectivity index (χ2v) is 15.0. The number of aromatic nitrogens is 3. The van der Waals surface area contributed by atoms with E-state index in [4.69, 9.17) is 9.40 Å². The van der Waals surface area contributed by atoms with Crippen LogP contribution >= 0.6 is 11.3 Å². The molecule has 0 aliphatic heterocycles. The zero-order valence-corrected chi connectivity index (χ0v) is 29.7. The Morgan fingerprint density at radius 1 is 0.463 bits per heavy atom. The first-order valence-corrected chi connectivity index (χ1v) is 19.0. The van der Waals surface area contributed by atoms with Crippen LogP contribution < -0.4 is 0 Å². The Balaban J connectivity index is 1.20. The van der Waals surface area contributed by atoms with Gasteiger partial charge in [-0.25, -0.2) is 4.98 Å². The van der Waals surface area contributed by atoms with Crippen molar-refractivity contribution >= 4 is 86.3 Å². The van der Waals surface area contributed by atoms with Gasteiger partial charge >= 0.3 is 0 Å². The van der Waals surface area contributed by atoms with Crippen LogP contribution in [0.5, 0.6) is 0 Å². The first-order chi connectivity index (χ1) is 26.8. The average Bonchev–Trinajstić information content (AvgIpc) is 3.99. The van der Waals surface area contributed by atoms with Crippen molar-refractivity contribution in [2.75, 3.05) is 0 Å². The van der Waals surface area contributed by atoms with Crippen molar-refractivity contribution in [3.63, 3.8) is 0 Å². The summed E-state index contributed by atoms with van der Waals surface area (Å²) in [5.41, 5.74) is 11.3.